The summed E-state index contributed by atoms with van der Waals surface area (Å²) in [5.41, 5.74) is 2.71. The van der Waals surface area contributed by atoms with Crippen LogP contribution >= 0.6 is 0 Å². The van der Waals surface area contributed by atoms with Crippen molar-refractivity contribution in [2.75, 3.05) is 0 Å². The summed E-state index contributed by atoms with van der Waals surface area (Å²) in [6.07, 6.45) is 6.08. The van der Waals surface area contributed by atoms with Crippen molar-refractivity contribution in [3.8, 4) is 0 Å². The van der Waals surface area contributed by atoms with Crippen LogP contribution in [0, 0.1) is 0 Å². The zero-order valence-electron chi connectivity index (χ0n) is 8.29. The summed E-state index contributed by atoms with van der Waals surface area (Å²) < 4.78 is 0. The molecule has 1 aliphatic heterocycles. The van der Waals surface area contributed by atoms with Crippen LogP contribution in [0.3, 0.4) is 0 Å². The summed E-state index contributed by atoms with van der Waals surface area (Å²) in [5.74, 6) is 2.19. The van der Waals surface area contributed by atoms with Crippen LogP contribution in [0.1, 0.15) is 11.1 Å². The molecule has 0 amide bonds. The van der Waals surface area contributed by atoms with Gasteiger partial charge in [0, 0.05) is 0 Å². The van der Waals surface area contributed by atoms with E-state index in [-0.39, 0.29) is 0 Å². The Morgan fingerprint density at radius 3 is 3.00 bits per heavy atom. The molecule has 1 aliphatic rings. The Hall–Kier alpha value is -1.37. The van der Waals surface area contributed by atoms with Crippen molar-refractivity contribution in [2.45, 2.75) is 12.7 Å². The van der Waals surface area contributed by atoms with E-state index in [1.54, 1.807) is 0 Å². The summed E-state index contributed by atoms with van der Waals surface area (Å²) in [5, 5.41) is 2.35. The molecule has 0 atom stereocenters. The number of benzene rings is 1. The molecule has 0 spiro atoms. The molecule has 0 saturated heterocycles. The van der Waals surface area contributed by atoms with E-state index in [0.29, 0.717) is 0 Å². The van der Waals surface area contributed by atoms with Crippen molar-refractivity contribution in [3.63, 3.8) is 0 Å². The van der Waals surface area contributed by atoms with Crippen molar-refractivity contribution in [1.82, 2.24) is 0 Å². The van der Waals surface area contributed by atoms with Crippen molar-refractivity contribution < 1.29 is 0 Å². The fourth-order valence-electron chi connectivity index (χ4n) is 1.90. The zero-order valence-corrected chi connectivity index (χ0v) is 8.29. The Balaban J connectivity index is 2.74. The van der Waals surface area contributed by atoms with Gasteiger partial charge in [0.2, 0.25) is 0 Å². The number of hydrogen-bond donors (Lipinski definition) is 0. The maximum atomic E-state index is 4.14. The molecule has 0 fully saturated rings. The first kappa shape index (κ1) is 9.20. The third-order valence-electron chi connectivity index (χ3n) is 2.66. The molecule has 14 heavy (non-hydrogen) atoms. The van der Waals surface area contributed by atoms with E-state index in [1.165, 1.54) is 16.3 Å². The van der Waals surface area contributed by atoms with Crippen LogP contribution in [0.2, 0.25) is 6.32 Å². The van der Waals surface area contributed by atoms with E-state index in [2.05, 4.69) is 38.2 Å². The van der Waals surface area contributed by atoms with Gasteiger partial charge in [0.05, 0.1) is 0 Å². The van der Waals surface area contributed by atoms with Crippen molar-refractivity contribution >= 4 is 25.5 Å². The average Bonchev–Trinajstić information content (AvgIpc) is 2.23. The molecule has 68 valence electrons. The van der Waals surface area contributed by atoms with Crippen molar-refractivity contribution in [3.05, 3.63) is 46.4 Å². The van der Waals surface area contributed by atoms with Crippen LogP contribution in [0.4, 0.5) is 0 Å². The molecule has 0 aromatic heterocycles. The third-order valence-corrected chi connectivity index (χ3v) is 2.66. The van der Waals surface area contributed by atoms with Crippen LogP contribution in [0.5, 0.6) is 0 Å². The molecule has 0 unspecified atom stereocenters. The predicted octanol–water partition coefficient (Wildman–Crippen LogP) is 0.892. The fraction of sp³-hybridized carbons (Fsp3) is 0.154. The van der Waals surface area contributed by atoms with Gasteiger partial charge in [-0.1, -0.05) is 0 Å². The van der Waals surface area contributed by atoms with Gasteiger partial charge < -0.3 is 0 Å². The normalized spacial score (nSPS) is 14.7. The molecular weight excluding hydrogens is 167 g/mol. The molecule has 0 aliphatic carbocycles. The summed E-state index contributed by atoms with van der Waals surface area (Å²) >= 11 is 0. The fourth-order valence-corrected chi connectivity index (χ4v) is 1.90. The van der Waals surface area contributed by atoms with E-state index in [9.17, 15) is 0 Å². The molecule has 0 nitrogen and oxygen atoms in total. The van der Waals surface area contributed by atoms with E-state index >= 15 is 0 Å². The molecule has 1 heterocycles. The minimum atomic E-state index is 1.11. The van der Waals surface area contributed by atoms with Gasteiger partial charge in [-0.2, -0.15) is 0 Å². The Morgan fingerprint density at radius 2 is 2.21 bits per heavy atom. The molecular formula is C13H13B. The second kappa shape index (κ2) is 3.79. The molecule has 2 rings (SSSR count). The van der Waals surface area contributed by atoms with Crippen molar-refractivity contribution in [2.24, 2.45) is 0 Å². The Kier molecular flexibility index (Phi) is 2.49. The second-order valence-electron chi connectivity index (χ2n) is 3.54. The minimum absolute atomic E-state index is 1.11. The van der Waals surface area contributed by atoms with Crippen LogP contribution in [-0.2, 0) is 6.42 Å². The monoisotopic (exact) mass is 180 g/mol. The first-order chi connectivity index (χ1) is 6.83. The van der Waals surface area contributed by atoms with Gasteiger partial charge in [-0.25, -0.2) is 0 Å². The van der Waals surface area contributed by atoms with Gasteiger partial charge in [-0.05, 0) is 0 Å². The summed E-state index contributed by atoms with van der Waals surface area (Å²) in [6, 6.07) is 4.27. The Bertz CT molecular complexity index is 495. The van der Waals surface area contributed by atoms with Gasteiger partial charge in [-0.3, -0.25) is 0 Å². The first-order valence-electron chi connectivity index (χ1n) is 4.93. The second-order valence-corrected chi connectivity index (χ2v) is 3.54. The predicted molar refractivity (Wildman–Crippen MR) is 65.3 cm³/mol. The van der Waals surface area contributed by atoms with Crippen LogP contribution in [0.15, 0.2) is 24.8 Å². The maximum absolute atomic E-state index is 4.14. The van der Waals surface area contributed by atoms with E-state index in [4.69, 9.17) is 0 Å². The Morgan fingerprint density at radius 1 is 1.36 bits per heavy atom. The Labute approximate surface area is 85.2 Å². The third kappa shape index (κ3) is 1.50. The van der Waals surface area contributed by atoms with Gasteiger partial charge in [0.1, 0.15) is 0 Å². The zero-order chi connectivity index (χ0) is 9.97. The number of hydrogen-bond acceptors (Lipinski definition) is 0. The molecule has 0 saturated carbocycles. The number of allylic oxidation sites excluding steroid dienone is 1. The van der Waals surface area contributed by atoms with Gasteiger partial charge in [-0.15, -0.1) is 0 Å². The quantitative estimate of drug-likeness (QED) is 0.563. The van der Waals surface area contributed by atoms with E-state index in [0.717, 1.165) is 18.0 Å². The van der Waals surface area contributed by atoms with Gasteiger partial charge >= 0.3 is 84.6 Å². The van der Waals surface area contributed by atoms with Crippen molar-refractivity contribution in [1.29, 1.82) is 0 Å². The number of fused-ring (bicyclic) bond motifs is 1. The molecule has 0 radical (unpaired) electrons. The molecule has 0 bridgehead atoms. The van der Waals surface area contributed by atoms with Gasteiger partial charge in [0.15, 0.2) is 0 Å². The molecule has 1 aromatic carbocycles. The average molecular weight is 180 g/mol. The standard InChI is InChI=1S/C13H13B/c1-3-4-11-5-6-12-9-14-8-7-13(12)10(11)2/h3-6,9H,1-2,7-8H2/b11-4-. The van der Waals surface area contributed by atoms with Crippen LogP contribution < -0.4 is 10.4 Å². The first-order valence-corrected chi connectivity index (χ1v) is 4.93. The summed E-state index contributed by atoms with van der Waals surface area (Å²) in [4.78, 5) is 0. The van der Waals surface area contributed by atoms with E-state index in [1.807, 2.05) is 12.2 Å². The molecule has 0 N–H and O–H groups in total. The van der Waals surface area contributed by atoms with Gasteiger partial charge in [0.25, 0.3) is 0 Å². The summed E-state index contributed by atoms with van der Waals surface area (Å²) in [6.45, 7) is 10.1. The van der Waals surface area contributed by atoms with Crippen LogP contribution in [0.25, 0.3) is 12.7 Å². The number of rotatable bonds is 1. The molecule has 1 heteroatoms. The van der Waals surface area contributed by atoms with Crippen LogP contribution in [-0.4, -0.2) is 12.9 Å². The topological polar surface area (TPSA) is 0 Å². The summed E-state index contributed by atoms with van der Waals surface area (Å²) in [7, 11) is 0. The van der Waals surface area contributed by atoms with E-state index < -0.39 is 0 Å². The molecule has 1 aromatic rings. The SMILES string of the molecule is C=C/C=c1/ccc2c(c1=C)CCB=C2.